The minimum absolute atomic E-state index is 0.142. The van der Waals surface area contributed by atoms with Crippen molar-refractivity contribution in [3.63, 3.8) is 0 Å². The van der Waals surface area contributed by atoms with E-state index >= 15 is 0 Å². The first-order chi connectivity index (χ1) is 10.9. The molecule has 4 aliphatic rings. The molecule has 5 rings (SSSR count). The molecule has 126 valence electrons. The van der Waals surface area contributed by atoms with Crippen LogP contribution in [0, 0.1) is 17.8 Å². The molecule has 6 heteroatoms. The number of nitrogens with one attached hydrogen (secondary N) is 1. The van der Waals surface area contributed by atoms with Gasteiger partial charge in [0.2, 0.25) is 10.0 Å². The van der Waals surface area contributed by atoms with E-state index in [1.165, 1.54) is 32.4 Å². The normalized spacial score (nSPS) is 35.5. The third kappa shape index (κ3) is 2.77. The fourth-order valence-corrected chi connectivity index (χ4v) is 7.30. The van der Waals surface area contributed by atoms with Crippen LogP contribution in [-0.2, 0) is 10.0 Å². The van der Waals surface area contributed by atoms with Gasteiger partial charge in [-0.25, -0.2) is 13.1 Å². The van der Waals surface area contributed by atoms with Gasteiger partial charge in [-0.1, -0.05) is 11.6 Å². The maximum Gasteiger partial charge on any atom is 0.244 e. The zero-order valence-corrected chi connectivity index (χ0v) is 14.8. The van der Waals surface area contributed by atoms with Crippen LogP contribution in [0.5, 0.6) is 5.75 Å². The molecule has 0 unspecified atom stereocenters. The number of ether oxygens (including phenoxy) is 1. The minimum atomic E-state index is -3.65. The average Bonchev–Trinajstić information content (AvgIpc) is 2.44. The van der Waals surface area contributed by atoms with Crippen molar-refractivity contribution in [1.82, 2.24) is 4.72 Å². The van der Waals surface area contributed by atoms with E-state index in [-0.39, 0.29) is 10.4 Å². The highest BCUT2D eigenvalue weighted by atomic mass is 35.5. The number of hydrogen-bond donors (Lipinski definition) is 1. The van der Waals surface area contributed by atoms with Gasteiger partial charge < -0.3 is 4.74 Å². The predicted molar refractivity (Wildman–Crippen MR) is 89.2 cm³/mol. The monoisotopic (exact) mass is 355 g/mol. The lowest BCUT2D eigenvalue weighted by Crippen LogP contribution is -2.59. The van der Waals surface area contributed by atoms with Crippen molar-refractivity contribution >= 4 is 21.6 Å². The van der Waals surface area contributed by atoms with Crippen molar-refractivity contribution in [1.29, 1.82) is 0 Å². The third-order valence-electron chi connectivity index (χ3n) is 5.80. The van der Waals surface area contributed by atoms with Crippen LogP contribution in [0.3, 0.4) is 0 Å². The molecule has 0 spiro atoms. The molecule has 4 saturated carbocycles. The number of benzene rings is 1. The first-order valence-electron chi connectivity index (χ1n) is 8.27. The number of halogens is 1. The van der Waals surface area contributed by atoms with Gasteiger partial charge in [0.15, 0.2) is 0 Å². The Balaban J connectivity index is 1.67. The van der Waals surface area contributed by atoms with Gasteiger partial charge in [0.05, 0.1) is 7.11 Å². The van der Waals surface area contributed by atoms with Crippen LogP contribution < -0.4 is 9.46 Å². The van der Waals surface area contributed by atoms with E-state index in [1.54, 1.807) is 12.1 Å². The molecule has 0 heterocycles. The minimum Gasteiger partial charge on any atom is -0.495 e. The molecule has 0 saturated heterocycles. The predicted octanol–water partition coefficient (Wildman–Crippen LogP) is 3.60. The highest BCUT2D eigenvalue weighted by molar-refractivity contribution is 7.89. The summed E-state index contributed by atoms with van der Waals surface area (Å²) in [7, 11) is -2.17. The standard InChI is InChI=1S/C17H22ClNO3S/c1-22-15-3-2-14(18)7-16(15)23(20,21)19-17-8-11-4-12(9-17)6-13(5-11)10-17/h2-3,7,11-13,19H,4-6,8-10H2,1H3. The zero-order chi connectivity index (χ0) is 16.2. The number of methoxy groups -OCH3 is 1. The van der Waals surface area contributed by atoms with Gasteiger partial charge in [0, 0.05) is 10.6 Å². The Morgan fingerprint density at radius 2 is 1.70 bits per heavy atom. The van der Waals surface area contributed by atoms with Crippen LogP contribution in [-0.4, -0.2) is 21.1 Å². The molecule has 1 aromatic rings. The molecular weight excluding hydrogens is 334 g/mol. The van der Waals surface area contributed by atoms with Crippen LogP contribution in [0.25, 0.3) is 0 Å². The number of sulfonamides is 1. The summed E-state index contributed by atoms with van der Waals surface area (Å²) >= 11 is 6.01. The SMILES string of the molecule is COc1ccc(Cl)cc1S(=O)(=O)NC12CC3CC(CC(C3)C1)C2. The average molecular weight is 356 g/mol. The van der Waals surface area contributed by atoms with Crippen molar-refractivity contribution in [2.45, 2.75) is 49.0 Å². The summed E-state index contributed by atoms with van der Waals surface area (Å²) in [4.78, 5) is 0.142. The molecule has 1 aromatic carbocycles. The van der Waals surface area contributed by atoms with E-state index < -0.39 is 10.0 Å². The summed E-state index contributed by atoms with van der Waals surface area (Å²) in [5, 5.41) is 0.400. The van der Waals surface area contributed by atoms with E-state index in [9.17, 15) is 8.42 Å². The molecular formula is C17H22ClNO3S. The Hall–Kier alpha value is -0.780. The Labute approximate surface area is 142 Å². The molecule has 4 bridgehead atoms. The Bertz CT molecular complexity index is 696. The molecule has 4 nitrogen and oxygen atoms in total. The van der Waals surface area contributed by atoms with Crippen LogP contribution in [0.4, 0.5) is 0 Å². The van der Waals surface area contributed by atoms with Crippen molar-refractivity contribution in [3.05, 3.63) is 23.2 Å². The van der Waals surface area contributed by atoms with Gasteiger partial charge in [-0.05, 0) is 74.5 Å². The fraction of sp³-hybridized carbons (Fsp3) is 0.647. The fourth-order valence-electron chi connectivity index (χ4n) is 5.44. The number of rotatable bonds is 4. The zero-order valence-electron chi connectivity index (χ0n) is 13.2. The lowest BCUT2D eigenvalue weighted by Gasteiger charge is -2.56. The molecule has 0 radical (unpaired) electrons. The summed E-state index contributed by atoms with van der Waals surface area (Å²) in [6.45, 7) is 0. The molecule has 4 aliphatic carbocycles. The molecule has 0 amide bonds. The van der Waals surface area contributed by atoms with Gasteiger partial charge in [-0.15, -0.1) is 0 Å². The summed E-state index contributed by atoms with van der Waals surface area (Å²) in [6, 6.07) is 4.73. The van der Waals surface area contributed by atoms with E-state index in [0.717, 1.165) is 19.3 Å². The quantitative estimate of drug-likeness (QED) is 0.897. The van der Waals surface area contributed by atoms with E-state index in [0.29, 0.717) is 28.5 Å². The molecule has 0 aromatic heterocycles. The van der Waals surface area contributed by atoms with Crippen molar-refractivity contribution in [3.8, 4) is 5.75 Å². The maximum atomic E-state index is 13.0. The van der Waals surface area contributed by atoms with E-state index in [4.69, 9.17) is 16.3 Å². The van der Waals surface area contributed by atoms with Crippen molar-refractivity contribution in [2.75, 3.05) is 7.11 Å². The van der Waals surface area contributed by atoms with E-state index in [2.05, 4.69) is 4.72 Å². The second-order valence-corrected chi connectivity index (χ2v) is 9.69. The van der Waals surface area contributed by atoms with Crippen molar-refractivity contribution in [2.24, 2.45) is 17.8 Å². The second-order valence-electron chi connectivity index (χ2n) is 7.60. The summed E-state index contributed by atoms with van der Waals surface area (Å²) < 4.78 is 34.3. The largest absolute Gasteiger partial charge is 0.495 e. The van der Waals surface area contributed by atoms with Crippen LogP contribution in [0.2, 0.25) is 5.02 Å². The highest BCUT2D eigenvalue weighted by Gasteiger charge is 2.52. The summed E-state index contributed by atoms with van der Waals surface area (Å²) in [5.41, 5.74) is -0.263. The maximum absolute atomic E-state index is 13.0. The highest BCUT2D eigenvalue weighted by Crippen LogP contribution is 2.56. The van der Waals surface area contributed by atoms with Crippen LogP contribution in [0.15, 0.2) is 23.1 Å². The first-order valence-corrected chi connectivity index (χ1v) is 10.1. The van der Waals surface area contributed by atoms with Gasteiger partial charge in [-0.3, -0.25) is 0 Å². The molecule has 1 N–H and O–H groups in total. The first kappa shape index (κ1) is 15.7. The van der Waals surface area contributed by atoms with Gasteiger partial charge in [-0.2, -0.15) is 0 Å². The number of hydrogen-bond acceptors (Lipinski definition) is 3. The van der Waals surface area contributed by atoms with Gasteiger partial charge in [0.25, 0.3) is 0 Å². The third-order valence-corrected chi connectivity index (χ3v) is 7.64. The van der Waals surface area contributed by atoms with Crippen molar-refractivity contribution < 1.29 is 13.2 Å². The molecule has 4 fully saturated rings. The molecule has 0 atom stereocenters. The Morgan fingerprint density at radius 3 is 2.22 bits per heavy atom. The second kappa shape index (κ2) is 5.36. The van der Waals surface area contributed by atoms with Gasteiger partial charge >= 0.3 is 0 Å². The molecule has 0 aliphatic heterocycles. The lowest BCUT2D eigenvalue weighted by atomic mass is 9.53. The van der Waals surface area contributed by atoms with Gasteiger partial charge in [0.1, 0.15) is 10.6 Å². The van der Waals surface area contributed by atoms with Crippen LogP contribution >= 0.6 is 11.6 Å². The van der Waals surface area contributed by atoms with E-state index in [1.807, 2.05) is 0 Å². The van der Waals surface area contributed by atoms with Crippen LogP contribution in [0.1, 0.15) is 38.5 Å². The smallest absolute Gasteiger partial charge is 0.244 e. The summed E-state index contributed by atoms with van der Waals surface area (Å²) in [6.07, 6.45) is 6.76. The topological polar surface area (TPSA) is 55.4 Å². The Kier molecular flexibility index (Phi) is 3.67. The molecule has 23 heavy (non-hydrogen) atoms. The summed E-state index contributed by atoms with van der Waals surface area (Å²) in [5.74, 6) is 2.40. The lowest BCUT2D eigenvalue weighted by molar-refractivity contribution is -0.00811. The Morgan fingerprint density at radius 1 is 1.13 bits per heavy atom.